The first-order valence-corrected chi connectivity index (χ1v) is 8.04. The van der Waals surface area contributed by atoms with Gasteiger partial charge in [0, 0.05) is 11.8 Å². The molecular weight excluding hydrogens is 291 g/mol. The molecule has 126 valence electrons. The largest absolute Gasteiger partial charge is 0.493 e. The minimum atomic E-state index is -4.41. The van der Waals surface area contributed by atoms with Gasteiger partial charge in [-0.05, 0) is 18.6 Å². The summed E-state index contributed by atoms with van der Waals surface area (Å²) in [7, 11) is 0. The molecule has 0 aliphatic carbocycles. The van der Waals surface area contributed by atoms with E-state index in [2.05, 4.69) is 6.92 Å². The van der Waals surface area contributed by atoms with Crippen LogP contribution in [0.2, 0.25) is 0 Å². The summed E-state index contributed by atoms with van der Waals surface area (Å²) in [5, 5.41) is 0. The van der Waals surface area contributed by atoms with Crippen molar-refractivity contribution in [1.82, 2.24) is 0 Å². The van der Waals surface area contributed by atoms with E-state index >= 15 is 0 Å². The Kier molecular flexibility index (Phi) is 8.13. The Labute approximate surface area is 130 Å². The summed E-state index contributed by atoms with van der Waals surface area (Å²) in [5.41, 5.74) is 5.05. The highest BCUT2D eigenvalue weighted by molar-refractivity contribution is 5.49. The molecule has 0 aliphatic rings. The highest BCUT2D eigenvalue weighted by Crippen LogP contribution is 2.37. The van der Waals surface area contributed by atoms with E-state index in [0.29, 0.717) is 6.61 Å². The molecule has 0 heterocycles. The van der Waals surface area contributed by atoms with Crippen molar-refractivity contribution in [2.24, 2.45) is 0 Å². The van der Waals surface area contributed by atoms with Crippen LogP contribution in [0.15, 0.2) is 18.2 Å². The van der Waals surface area contributed by atoms with Gasteiger partial charge in [0.1, 0.15) is 5.75 Å². The van der Waals surface area contributed by atoms with E-state index in [4.69, 9.17) is 10.5 Å². The van der Waals surface area contributed by atoms with Crippen molar-refractivity contribution in [2.45, 2.75) is 64.5 Å². The van der Waals surface area contributed by atoms with Gasteiger partial charge in [0.2, 0.25) is 0 Å². The Balaban J connectivity index is 2.29. The van der Waals surface area contributed by atoms with Crippen LogP contribution in [0.4, 0.5) is 18.9 Å². The third kappa shape index (κ3) is 7.05. The maximum atomic E-state index is 12.8. The van der Waals surface area contributed by atoms with Crippen LogP contribution in [0.5, 0.6) is 5.75 Å². The van der Waals surface area contributed by atoms with Crippen LogP contribution >= 0.6 is 0 Å². The molecule has 0 fully saturated rings. The molecule has 0 spiro atoms. The van der Waals surface area contributed by atoms with Crippen molar-refractivity contribution >= 4 is 5.69 Å². The minimum Gasteiger partial charge on any atom is -0.493 e. The Bertz CT molecular complexity index is 432. The van der Waals surface area contributed by atoms with Crippen LogP contribution in [0.3, 0.4) is 0 Å². The molecule has 0 aromatic heterocycles. The number of ether oxygens (including phenoxy) is 1. The van der Waals surface area contributed by atoms with Crippen LogP contribution in [0, 0.1) is 0 Å². The van der Waals surface area contributed by atoms with Crippen LogP contribution in [-0.2, 0) is 6.18 Å². The molecule has 0 amide bonds. The Morgan fingerprint density at radius 2 is 1.55 bits per heavy atom. The van der Waals surface area contributed by atoms with Crippen molar-refractivity contribution in [3.63, 3.8) is 0 Å². The zero-order valence-electron chi connectivity index (χ0n) is 13.2. The lowest BCUT2D eigenvalue weighted by molar-refractivity contribution is -0.138. The second kappa shape index (κ2) is 9.59. The lowest BCUT2D eigenvalue weighted by Gasteiger charge is -2.14. The van der Waals surface area contributed by atoms with Crippen LogP contribution in [0.1, 0.15) is 63.9 Å². The summed E-state index contributed by atoms with van der Waals surface area (Å²) < 4.78 is 43.8. The van der Waals surface area contributed by atoms with Crippen LogP contribution in [-0.4, -0.2) is 6.61 Å². The predicted molar refractivity (Wildman–Crippen MR) is 84.0 cm³/mol. The first kappa shape index (κ1) is 18.7. The van der Waals surface area contributed by atoms with E-state index in [0.717, 1.165) is 25.3 Å². The van der Waals surface area contributed by atoms with E-state index < -0.39 is 11.7 Å². The fourth-order valence-corrected chi connectivity index (χ4v) is 2.31. The average Bonchev–Trinajstić information content (AvgIpc) is 2.44. The number of alkyl halides is 3. The summed E-state index contributed by atoms with van der Waals surface area (Å²) in [6, 6.07) is 3.46. The molecule has 0 atom stereocenters. The third-order valence-corrected chi connectivity index (χ3v) is 3.57. The summed E-state index contributed by atoms with van der Waals surface area (Å²) in [4.78, 5) is 0. The predicted octanol–water partition coefficient (Wildman–Crippen LogP) is 5.81. The number of nitrogens with two attached hydrogens (primary N) is 1. The van der Waals surface area contributed by atoms with Crippen molar-refractivity contribution in [3.05, 3.63) is 23.8 Å². The van der Waals surface area contributed by atoms with Gasteiger partial charge in [0.25, 0.3) is 0 Å². The molecule has 0 aliphatic heterocycles. The number of rotatable bonds is 10. The van der Waals surface area contributed by atoms with Crippen molar-refractivity contribution in [1.29, 1.82) is 0 Å². The summed E-state index contributed by atoms with van der Waals surface area (Å²) in [5.74, 6) is -0.171. The maximum absolute atomic E-state index is 12.8. The lowest BCUT2D eigenvalue weighted by Crippen LogP contribution is -2.10. The summed E-state index contributed by atoms with van der Waals surface area (Å²) in [6.07, 6.45) is 4.64. The lowest BCUT2D eigenvalue weighted by atomic mass is 10.1. The van der Waals surface area contributed by atoms with Gasteiger partial charge in [-0.2, -0.15) is 13.2 Å². The molecule has 0 saturated carbocycles. The van der Waals surface area contributed by atoms with E-state index in [1.54, 1.807) is 0 Å². The molecule has 1 rings (SSSR count). The highest BCUT2D eigenvalue weighted by Gasteiger charge is 2.34. The van der Waals surface area contributed by atoms with Gasteiger partial charge < -0.3 is 10.5 Å². The fourth-order valence-electron chi connectivity index (χ4n) is 2.31. The SMILES string of the molecule is CCCCCCCCCCOc1cc(N)ccc1C(F)(F)F. The van der Waals surface area contributed by atoms with Crippen molar-refractivity contribution in [2.75, 3.05) is 12.3 Å². The Hall–Kier alpha value is -1.39. The van der Waals surface area contributed by atoms with E-state index in [1.807, 2.05) is 0 Å². The molecule has 0 unspecified atom stereocenters. The fraction of sp³-hybridized carbons (Fsp3) is 0.647. The van der Waals surface area contributed by atoms with Gasteiger partial charge >= 0.3 is 6.18 Å². The summed E-state index contributed by atoms with van der Waals surface area (Å²) >= 11 is 0. The van der Waals surface area contributed by atoms with E-state index in [9.17, 15) is 13.2 Å². The summed E-state index contributed by atoms with van der Waals surface area (Å²) in [6.45, 7) is 2.48. The van der Waals surface area contributed by atoms with Crippen molar-refractivity contribution < 1.29 is 17.9 Å². The smallest absolute Gasteiger partial charge is 0.419 e. The van der Waals surface area contributed by atoms with Gasteiger partial charge in [-0.1, -0.05) is 51.9 Å². The molecule has 22 heavy (non-hydrogen) atoms. The second-order valence-corrected chi connectivity index (χ2v) is 5.58. The molecule has 0 bridgehead atoms. The first-order valence-electron chi connectivity index (χ1n) is 8.04. The number of unbranched alkanes of at least 4 members (excludes halogenated alkanes) is 7. The van der Waals surface area contributed by atoms with Gasteiger partial charge in [0.15, 0.2) is 0 Å². The number of halogens is 3. The van der Waals surface area contributed by atoms with E-state index in [-0.39, 0.29) is 11.4 Å². The zero-order valence-corrected chi connectivity index (χ0v) is 13.2. The molecule has 1 aromatic carbocycles. The van der Waals surface area contributed by atoms with Gasteiger partial charge in [-0.15, -0.1) is 0 Å². The number of hydrogen-bond donors (Lipinski definition) is 1. The molecule has 2 N–H and O–H groups in total. The molecule has 2 nitrogen and oxygen atoms in total. The maximum Gasteiger partial charge on any atom is 0.419 e. The third-order valence-electron chi connectivity index (χ3n) is 3.57. The molecule has 0 radical (unpaired) electrons. The molecule has 1 aromatic rings. The standard InChI is InChI=1S/C17H26F3NO/c1-2-3-4-5-6-7-8-9-12-22-16-13-14(21)10-11-15(16)17(18,19)20/h10-11,13H,2-9,12,21H2,1H3. The van der Waals surface area contributed by atoms with Crippen LogP contribution in [0.25, 0.3) is 0 Å². The Morgan fingerprint density at radius 1 is 0.955 bits per heavy atom. The minimum absolute atomic E-state index is 0.171. The van der Waals surface area contributed by atoms with Crippen LogP contribution < -0.4 is 10.5 Å². The monoisotopic (exact) mass is 317 g/mol. The zero-order chi connectivity index (χ0) is 16.4. The van der Waals surface area contributed by atoms with Gasteiger partial charge in [0.05, 0.1) is 12.2 Å². The van der Waals surface area contributed by atoms with E-state index in [1.165, 1.54) is 44.2 Å². The number of benzene rings is 1. The number of nitrogen functional groups attached to an aromatic ring is 1. The van der Waals surface area contributed by atoms with Gasteiger partial charge in [-0.3, -0.25) is 0 Å². The molecular formula is C17H26F3NO. The number of hydrogen-bond acceptors (Lipinski definition) is 2. The molecule has 5 heteroatoms. The Morgan fingerprint density at radius 3 is 2.14 bits per heavy atom. The first-order chi connectivity index (χ1) is 10.4. The number of anilines is 1. The quantitative estimate of drug-likeness (QED) is 0.437. The second-order valence-electron chi connectivity index (χ2n) is 5.58. The topological polar surface area (TPSA) is 35.2 Å². The van der Waals surface area contributed by atoms with Crippen molar-refractivity contribution in [3.8, 4) is 5.75 Å². The average molecular weight is 317 g/mol. The van der Waals surface area contributed by atoms with Gasteiger partial charge in [-0.25, -0.2) is 0 Å². The highest BCUT2D eigenvalue weighted by atomic mass is 19.4. The molecule has 0 saturated heterocycles. The normalized spacial score (nSPS) is 11.6.